The van der Waals surface area contributed by atoms with Gasteiger partial charge < -0.3 is 9.32 Å². The van der Waals surface area contributed by atoms with Gasteiger partial charge in [0.1, 0.15) is 5.76 Å². The molecule has 0 amide bonds. The number of aryl methyl sites for hydroxylation is 1. The second-order valence-corrected chi connectivity index (χ2v) is 5.89. The summed E-state index contributed by atoms with van der Waals surface area (Å²) >= 11 is 3.44. The third-order valence-corrected chi connectivity index (χ3v) is 3.94. The van der Waals surface area contributed by atoms with Crippen LogP contribution in [0.1, 0.15) is 24.1 Å². The summed E-state index contributed by atoms with van der Waals surface area (Å²) in [4.78, 5) is 6.58. The van der Waals surface area contributed by atoms with Crippen molar-refractivity contribution < 1.29 is 4.42 Å². The monoisotopic (exact) mass is 324 g/mol. The number of nitrogens with zero attached hydrogens (tertiary/aromatic N) is 4. The molecule has 19 heavy (non-hydrogen) atoms. The topological polar surface area (TPSA) is 47.1 Å². The van der Waals surface area contributed by atoms with Gasteiger partial charge in [-0.15, -0.1) is 0 Å². The molecule has 1 fully saturated rings. The fourth-order valence-electron chi connectivity index (χ4n) is 2.53. The van der Waals surface area contributed by atoms with Gasteiger partial charge in [-0.05, 0) is 22.4 Å². The van der Waals surface area contributed by atoms with Crippen molar-refractivity contribution >= 4 is 15.9 Å². The molecule has 3 heterocycles. The third-order valence-electron chi connectivity index (χ3n) is 3.54. The van der Waals surface area contributed by atoms with E-state index >= 15 is 0 Å². The largest absolute Gasteiger partial charge is 0.446 e. The molecule has 1 atom stereocenters. The summed E-state index contributed by atoms with van der Waals surface area (Å²) in [5.74, 6) is 1.72. The maximum Gasteiger partial charge on any atom is 0.191 e. The Morgan fingerprint density at radius 1 is 1.47 bits per heavy atom. The van der Waals surface area contributed by atoms with Crippen LogP contribution in [0.5, 0.6) is 0 Å². The molecule has 6 heteroatoms. The Morgan fingerprint density at radius 2 is 2.37 bits per heavy atom. The van der Waals surface area contributed by atoms with Crippen LogP contribution in [-0.2, 0) is 6.42 Å². The lowest BCUT2D eigenvalue weighted by Gasteiger charge is -2.15. The van der Waals surface area contributed by atoms with E-state index in [9.17, 15) is 0 Å². The predicted molar refractivity (Wildman–Crippen MR) is 75.0 cm³/mol. The highest BCUT2D eigenvalue weighted by Crippen LogP contribution is 2.22. The first-order chi connectivity index (χ1) is 9.20. The molecular formula is C13H17BrN4O. The van der Waals surface area contributed by atoms with Gasteiger partial charge in [0.05, 0.1) is 22.9 Å². The molecule has 0 radical (unpaired) electrons. The second-order valence-electron chi connectivity index (χ2n) is 4.98. The predicted octanol–water partition coefficient (Wildman–Crippen LogP) is 2.43. The lowest BCUT2D eigenvalue weighted by atomic mass is 10.3. The zero-order valence-electron chi connectivity index (χ0n) is 10.9. The molecule has 1 aliphatic rings. The minimum atomic E-state index is 0.489. The van der Waals surface area contributed by atoms with Crippen molar-refractivity contribution in [2.24, 2.45) is 0 Å². The summed E-state index contributed by atoms with van der Waals surface area (Å²) in [7, 11) is 0. The van der Waals surface area contributed by atoms with E-state index in [4.69, 9.17) is 4.42 Å². The lowest BCUT2D eigenvalue weighted by Crippen LogP contribution is -2.24. The van der Waals surface area contributed by atoms with Crippen molar-refractivity contribution in [2.75, 3.05) is 19.6 Å². The lowest BCUT2D eigenvalue weighted by molar-refractivity contribution is 0.312. The maximum absolute atomic E-state index is 5.50. The normalized spacial score (nSPS) is 20.2. The minimum absolute atomic E-state index is 0.489. The number of hydrogen-bond acceptors (Lipinski definition) is 4. The van der Waals surface area contributed by atoms with Crippen molar-refractivity contribution in [3.05, 3.63) is 34.7 Å². The van der Waals surface area contributed by atoms with Gasteiger partial charge in [0.15, 0.2) is 5.89 Å². The molecule has 0 aromatic carbocycles. The van der Waals surface area contributed by atoms with Crippen LogP contribution in [-0.4, -0.2) is 39.3 Å². The average Bonchev–Trinajstić information content (AvgIpc) is 3.07. The SMILES string of the molecule is Cc1ncc(CCN2CCC(n3cc(Br)cn3)C2)o1. The van der Waals surface area contributed by atoms with Crippen molar-refractivity contribution in [2.45, 2.75) is 25.8 Å². The van der Waals surface area contributed by atoms with Gasteiger partial charge in [-0.1, -0.05) is 0 Å². The highest BCUT2D eigenvalue weighted by molar-refractivity contribution is 9.10. The number of likely N-dealkylation sites (tertiary alicyclic amines) is 1. The molecule has 3 rings (SSSR count). The van der Waals surface area contributed by atoms with E-state index < -0.39 is 0 Å². The first kappa shape index (κ1) is 12.9. The molecule has 0 saturated carbocycles. The summed E-state index contributed by atoms with van der Waals surface area (Å²) in [6.45, 7) is 5.08. The Morgan fingerprint density at radius 3 is 3.05 bits per heavy atom. The molecule has 0 bridgehead atoms. The van der Waals surface area contributed by atoms with Crippen molar-refractivity contribution in [1.82, 2.24) is 19.7 Å². The zero-order valence-corrected chi connectivity index (χ0v) is 12.5. The first-order valence-corrected chi connectivity index (χ1v) is 7.33. The van der Waals surface area contributed by atoms with Crippen LogP contribution >= 0.6 is 15.9 Å². The number of halogens is 1. The quantitative estimate of drug-likeness (QED) is 0.866. The summed E-state index contributed by atoms with van der Waals surface area (Å²) < 4.78 is 8.60. The molecular weight excluding hydrogens is 308 g/mol. The highest BCUT2D eigenvalue weighted by atomic mass is 79.9. The molecule has 1 unspecified atom stereocenters. The van der Waals surface area contributed by atoms with E-state index in [1.165, 1.54) is 0 Å². The summed E-state index contributed by atoms with van der Waals surface area (Å²) in [6.07, 6.45) is 7.81. The van der Waals surface area contributed by atoms with Gasteiger partial charge in [0, 0.05) is 39.2 Å². The highest BCUT2D eigenvalue weighted by Gasteiger charge is 2.24. The van der Waals surface area contributed by atoms with Gasteiger partial charge in [-0.25, -0.2) is 4.98 Å². The van der Waals surface area contributed by atoms with Gasteiger partial charge in [-0.3, -0.25) is 4.68 Å². The molecule has 0 spiro atoms. The van der Waals surface area contributed by atoms with Gasteiger partial charge in [0.25, 0.3) is 0 Å². The maximum atomic E-state index is 5.50. The van der Waals surface area contributed by atoms with Crippen LogP contribution in [0.2, 0.25) is 0 Å². The molecule has 2 aromatic heterocycles. The van der Waals surface area contributed by atoms with E-state index in [0.29, 0.717) is 6.04 Å². The molecule has 0 aliphatic carbocycles. The van der Waals surface area contributed by atoms with Crippen LogP contribution in [0.3, 0.4) is 0 Å². The molecule has 5 nitrogen and oxygen atoms in total. The molecule has 2 aromatic rings. The average molecular weight is 325 g/mol. The van der Waals surface area contributed by atoms with Gasteiger partial charge in [0.2, 0.25) is 0 Å². The molecule has 0 N–H and O–H groups in total. The van der Waals surface area contributed by atoms with Crippen LogP contribution in [0.4, 0.5) is 0 Å². The van der Waals surface area contributed by atoms with E-state index in [-0.39, 0.29) is 0 Å². The standard InChI is InChI=1S/C13H17BrN4O/c1-10-15-7-13(19-10)3-5-17-4-2-12(9-17)18-8-11(14)6-16-18/h6-8,12H,2-5,9H2,1H3. The first-order valence-electron chi connectivity index (χ1n) is 6.54. The Kier molecular flexibility index (Phi) is 3.70. The third kappa shape index (κ3) is 3.06. The van der Waals surface area contributed by atoms with Crippen LogP contribution < -0.4 is 0 Å². The number of hydrogen-bond donors (Lipinski definition) is 0. The summed E-state index contributed by atoms with van der Waals surface area (Å²) in [6, 6.07) is 0.489. The molecule has 102 valence electrons. The Hall–Kier alpha value is -1.14. The van der Waals surface area contributed by atoms with E-state index in [1.807, 2.05) is 25.5 Å². The van der Waals surface area contributed by atoms with E-state index in [1.54, 1.807) is 0 Å². The second kappa shape index (κ2) is 5.46. The minimum Gasteiger partial charge on any atom is -0.446 e. The molecule has 1 saturated heterocycles. The number of oxazole rings is 1. The fraction of sp³-hybridized carbons (Fsp3) is 0.538. The van der Waals surface area contributed by atoms with Crippen LogP contribution in [0.15, 0.2) is 27.5 Å². The van der Waals surface area contributed by atoms with E-state index in [2.05, 4.69) is 35.6 Å². The van der Waals surface area contributed by atoms with Crippen LogP contribution in [0.25, 0.3) is 0 Å². The smallest absolute Gasteiger partial charge is 0.191 e. The van der Waals surface area contributed by atoms with E-state index in [0.717, 1.165) is 48.6 Å². The Balaban J connectivity index is 1.52. The Labute approximate surface area is 120 Å². The number of aromatic nitrogens is 3. The fourth-order valence-corrected chi connectivity index (χ4v) is 2.84. The zero-order chi connectivity index (χ0) is 13.2. The van der Waals surface area contributed by atoms with Gasteiger partial charge in [-0.2, -0.15) is 5.10 Å². The Bertz CT molecular complexity index is 550. The van der Waals surface area contributed by atoms with Crippen molar-refractivity contribution in [3.63, 3.8) is 0 Å². The summed E-state index contributed by atoms with van der Waals surface area (Å²) in [5, 5.41) is 4.37. The van der Waals surface area contributed by atoms with Crippen molar-refractivity contribution in [1.29, 1.82) is 0 Å². The van der Waals surface area contributed by atoms with Gasteiger partial charge >= 0.3 is 0 Å². The van der Waals surface area contributed by atoms with Crippen LogP contribution in [0, 0.1) is 6.92 Å². The van der Waals surface area contributed by atoms with Crippen molar-refractivity contribution in [3.8, 4) is 0 Å². The molecule has 1 aliphatic heterocycles. The summed E-state index contributed by atoms with van der Waals surface area (Å²) in [5.41, 5.74) is 0. The number of rotatable bonds is 4.